The van der Waals surface area contributed by atoms with Crippen molar-refractivity contribution in [1.29, 1.82) is 5.41 Å². The van der Waals surface area contributed by atoms with Gasteiger partial charge in [0, 0.05) is 0 Å². The van der Waals surface area contributed by atoms with E-state index in [4.69, 9.17) is 20.4 Å². The van der Waals surface area contributed by atoms with Crippen molar-refractivity contribution >= 4 is 23.3 Å². The van der Waals surface area contributed by atoms with Crippen LogP contribution in [0.3, 0.4) is 0 Å². The molecule has 1 amide bonds. The second-order valence-electron chi connectivity index (χ2n) is 2.25. The van der Waals surface area contributed by atoms with Crippen molar-refractivity contribution in [2.75, 3.05) is 13.2 Å². The summed E-state index contributed by atoms with van der Waals surface area (Å²) in [4.78, 5) is 10.2. The first-order valence-electron chi connectivity index (χ1n) is 3.79. The van der Waals surface area contributed by atoms with E-state index >= 15 is 0 Å². The monoisotopic (exact) mass is 232 g/mol. The zero-order chi connectivity index (χ0) is 11.3. The van der Waals surface area contributed by atoms with Gasteiger partial charge in [-0.2, -0.15) is 0 Å². The largest absolute Gasteiger partial charge is 0.466 e. The molecule has 8 nitrogen and oxygen atoms in total. The maximum absolute atomic E-state index is 10.2. The molecule has 0 aliphatic carbocycles. The standard InChI is InChI=1S/C6H8N4O4S/c7-3(8-5(12)13)4-9-10-6(15-4)14-2-1-11/h11H,1-2H2,(H2,7,8)(H,12,13). The number of aliphatic hydroxyl groups excluding tert-OH is 1. The van der Waals surface area contributed by atoms with Gasteiger partial charge in [-0.25, -0.2) is 4.79 Å². The van der Waals surface area contributed by atoms with Gasteiger partial charge in [-0.05, 0) is 0 Å². The molecule has 0 unspecified atom stereocenters. The fourth-order valence-corrected chi connectivity index (χ4v) is 1.29. The third-order valence-electron chi connectivity index (χ3n) is 1.17. The minimum absolute atomic E-state index is 0.0777. The molecule has 9 heteroatoms. The summed E-state index contributed by atoms with van der Waals surface area (Å²) in [6.07, 6.45) is -1.34. The number of ether oxygens (including phenoxy) is 1. The van der Waals surface area contributed by atoms with Crippen LogP contribution in [0.25, 0.3) is 0 Å². The molecule has 0 saturated heterocycles. The average molecular weight is 232 g/mol. The van der Waals surface area contributed by atoms with Gasteiger partial charge in [0.05, 0.1) is 6.61 Å². The van der Waals surface area contributed by atoms with Gasteiger partial charge in [-0.1, -0.05) is 16.4 Å². The predicted octanol–water partition coefficient (Wildman–Crippen LogP) is -0.498. The molecule has 0 aliphatic heterocycles. The van der Waals surface area contributed by atoms with Crippen molar-refractivity contribution in [3.63, 3.8) is 0 Å². The van der Waals surface area contributed by atoms with Gasteiger partial charge in [-0.3, -0.25) is 10.7 Å². The summed E-state index contributed by atoms with van der Waals surface area (Å²) in [5.41, 5.74) is 0. The Balaban J connectivity index is 2.58. The highest BCUT2D eigenvalue weighted by molar-refractivity contribution is 7.15. The zero-order valence-electron chi connectivity index (χ0n) is 7.43. The molecule has 1 rings (SSSR count). The normalized spacial score (nSPS) is 9.67. The summed E-state index contributed by atoms with van der Waals surface area (Å²) in [6.45, 7) is -0.0753. The third-order valence-corrected chi connectivity index (χ3v) is 2.02. The number of aliphatic hydroxyl groups is 1. The van der Waals surface area contributed by atoms with Crippen molar-refractivity contribution in [2.45, 2.75) is 0 Å². The number of nitrogens with one attached hydrogen (secondary N) is 2. The van der Waals surface area contributed by atoms with Crippen LogP contribution in [-0.2, 0) is 0 Å². The topological polar surface area (TPSA) is 128 Å². The van der Waals surface area contributed by atoms with Gasteiger partial charge in [0.15, 0.2) is 10.8 Å². The van der Waals surface area contributed by atoms with Crippen molar-refractivity contribution in [2.24, 2.45) is 0 Å². The highest BCUT2D eigenvalue weighted by Crippen LogP contribution is 2.17. The summed E-state index contributed by atoms with van der Waals surface area (Å²) < 4.78 is 4.91. The molecule has 0 atom stereocenters. The molecular weight excluding hydrogens is 224 g/mol. The van der Waals surface area contributed by atoms with E-state index in [0.29, 0.717) is 0 Å². The lowest BCUT2D eigenvalue weighted by molar-refractivity contribution is 0.200. The second kappa shape index (κ2) is 5.22. The Morgan fingerprint density at radius 1 is 1.60 bits per heavy atom. The van der Waals surface area contributed by atoms with Crippen LogP contribution < -0.4 is 10.1 Å². The molecule has 4 N–H and O–H groups in total. The van der Waals surface area contributed by atoms with Crippen LogP contribution in [0, 0.1) is 5.41 Å². The predicted molar refractivity (Wildman–Crippen MR) is 50.5 cm³/mol. The van der Waals surface area contributed by atoms with Crippen LogP contribution in [-0.4, -0.2) is 45.6 Å². The molecule has 15 heavy (non-hydrogen) atoms. The highest BCUT2D eigenvalue weighted by atomic mass is 32.1. The third kappa shape index (κ3) is 3.48. The van der Waals surface area contributed by atoms with Gasteiger partial charge in [0.1, 0.15) is 6.61 Å². The van der Waals surface area contributed by atoms with E-state index in [1.807, 2.05) is 5.32 Å². The number of hydrogen-bond donors (Lipinski definition) is 4. The SMILES string of the molecule is N=C(NC(=O)O)c1nnc(OCCO)s1. The molecule has 0 bridgehead atoms. The number of hydrogen-bond acceptors (Lipinski definition) is 7. The molecule has 1 aromatic rings. The molecule has 1 heterocycles. The smallest absolute Gasteiger partial charge is 0.410 e. The molecule has 1 aromatic heterocycles. The number of amides is 1. The quantitative estimate of drug-likeness (QED) is 0.409. The summed E-state index contributed by atoms with van der Waals surface area (Å²) >= 11 is 0.917. The Morgan fingerprint density at radius 2 is 2.33 bits per heavy atom. The van der Waals surface area contributed by atoms with Crippen molar-refractivity contribution in [1.82, 2.24) is 15.5 Å². The van der Waals surface area contributed by atoms with Crippen LogP contribution in [0.15, 0.2) is 0 Å². The Kier molecular flexibility index (Phi) is 3.94. The van der Waals surface area contributed by atoms with Gasteiger partial charge in [0.2, 0.25) is 0 Å². The zero-order valence-corrected chi connectivity index (χ0v) is 8.24. The van der Waals surface area contributed by atoms with E-state index < -0.39 is 6.09 Å². The maximum Gasteiger partial charge on any atom is 0.410 e. The first kappa shape index (κ1) is 11.3. The van der Waals surface area contributed by atoms with E-state index in [1.165, 1.54) is 0 Å². The van der Waals surface area contributed by atoms with E-state index in [0.717, 1.165) is 11.3 Å². The molecule has 0 aliphatic rings. The first-order valence-corrected chi connectivity index (χ1v) is 4.61. The molecule has 0 saturated carbocycles. The maximum atomic E-state index is 10.2. The molecular formula is C6H8N4O4S. The molecule has 82 valence electrons. The Bertz CT molecular complexity index is 366. The lowest BCUT2D eigenvalue weighted by Crippen LogP contribution is -2.28. The highest BCUT2D eigenvalue weighted by Gasteiger charge is 2.11. The van der Waals surface area contributed by atoms with Crippen molar-refractivity contribution < 1.29 is 19.7 Å². The van der Waals surface area contributed by atoms with Crippen LogP contribution in [0.4, 0.5) is 4.79 Å². The van der Waals surface area contributed by atoms with E-state index in [-0.39, 0.29) is 29.3 Å². The lowest BCUT2D eigenvalue weighted by atomic mass is 10.6. The number of carbonyl (C=O) groups is 1. The van der Waals surface area contributed by atoms with Crippen molar-refractivity contribution in [3.8, 4) is 5.19 Å². The average Bonchev–Trinajstić information content (AvgIpc) is 2.62. The van der Waals surface area contributed by atoms with Crippen LogP contribution >= 0.6 is 11.3 Å². The van der Waals surface area contributed by atoms with Gasteiger partial charge in [-0.15, -0.1) is 5.10 Å². The van der Waals surface area contributed by atoms with Crippen LogP contribution in [0.5, 0.6) is 5.19 Å². The fourth-order valence-electron chi connectivity index (χ4n) is 0.662. The molecule has 0 spiro atoms. The first-order chi connectivity index (χ1) is 7.13. The van der Waals surface area contributed by atoms with Gasteiger partial charge in [0.25, 0.3) is 5.19 Å². The number of carboxylic acid groups (broad SMARTS) is 1. The molecule has 0 fully saturated rings. The summed E-state index contributed by atoms with van der Waals surface area (Å²) in [5.74, 6) is -0.362. The minimum Gasteiger partial charge on any atom is -0.466 e. The van der Waals surface area contributed by atoms with E-state index in [2.05, 4.69) is 10.2 Å². The Labute approximate surface area is 88.0 Å². The van der Waals surface area contributed by atoms with E-state index in [9.17, 15) is 4.79 Å². The van der Waals surface area contributed by atoms with Crippen LogP contribution in [0.1, 0.15) is 5.01 Å². The summed E-state index contributed by atoms with van der Waals surface area (Å²) in [6, 6.07) is 0. The number of nitrogens with zero attached hydrogens (tertiary/aromatic N) is 2. The lowest BCUT2D eigenvalue weighted by Gasteiger charge is -1.96. The summed E-state index contributed by atoms with van der Waals surface area (Å²) in [5, 5.41) is 33.2. The fraction of sp³-hybridized carbons (Fsp3) is 0.333. The summed E-state index contributed by atoms with van der Waals surface area (Å²) in [7, 11) is 0. The Hall–Kier alpha value is -1.74. The number of aromatic nitrogens is 2. The number of rotatable bonds is 4. The molecule has 0 radical (unpaired) electrons. The van der Waals surface area contributed by atoms with Crippen LogP contribution in [0.2, 0.25) is 0 Å². The van der Waals surface area contributed by atoms with Gasteiger partial charge >= 0.3 is 6.09 Å². The Morgan fingerprint density at radius 3 is 2.93 bits per heavy atom. The van der Waals surface area contributed by atoms with E-state index in [1.54, 1.807) is 0 Å². The number of amidine groups is 1. The second-order valence-corrected chi connectivity index (χ2v) is 3.19. The molecule has 0 aromatic carbocycles. The van der Waals surface area contributed by atoms with Crippen molar-refractivity contribution in [3.05, 3.63) is 5.01 Å². The minimum atomic E-state index is -1.34. The van der Waals surface area contributed by atoms with Gasteiger partial charge < -0.3 is 14.9 Å².